The molecule has 1 heterocycles. The molecular weight excluding hydrogens is 282 g/mol. The first-order chi connectivity index (χ1) is 8.24. The number of rotatable bonds is 4. The Bertz CT molecular complexity index is 495. The number of hydrogen-bond acceptors (Lipinski definition) is 2. The molecule has 0 radical (unpaired) electrons. The van der Waals surface area contributed by atoms with E-state index in [-0.39, 0.29) is 12.5 Å². The first kappa shape index (κ1) is 11.9. The molecule has 0 bridgehead atoms. The van der Waals surface area contributed by atoms with Crippen molar-refractivity contribution in [3.63, 3.8) is 0 Å². The van der Waals surface area contributed by atoms with E-state index >= 15 is 0 Å². The molecule has 0 atom stereocenters. The van der Waals surface area contributed by atoms with Crippen molar-refractivity contribution in [3.05, 3.63) is 52.8 Å². The molecule has 1 aromatic heterocycles. The molecule has 0 unspecified atom stereocenters. The van der Waals surface area contributed by atoms with E-state index in [0.29, 0.717) is 6.54 Å². The van der Waals surface area contributed by atoms with Crippen LogP contribution in [-0.2, 0) is 17.9 Å². The van der Waals surface area contributed by atoms with Gasteiger partial charge in [0.05, 0.1) is 0 Å². The van der Waals surface area contributed by atoms with E-state index in [1.807, 2.05) is 30.3 Å². The van der Waals surface area contributed by atoms with Gasteiger partial charge in [-0.1, -0.05) is 30.3 Å². The topological polar surface area (TPSA) is 46.9 Å². The fourth-order valence-electron chi connectivity index (χ4n) is 1.42. The molecule has 0 aliphatic rings. The molecule has 2 aromatic rings. The monoisotopic (exact) mass is 293 g/mol. The van der Waals surface area contributed by atoms with Crippen LogP contribution in [0.2, 0.25) is 0 Å². The maximum Gasteiger partial charge on any atom is 0.241 e. The molecule has 5 heteroatoms. The summed E-state index contributed by atoms with van der Waals surface area (Å²) in [5.41, 5.74) is 1.09. The molecule has 0 fully saturated rings. The largest absolute Gasteiger partial charge is 0.350 e. The average Bonchev–Trinajstić information content (AvgIpc) is 2.73. The van der Waals surface area contributed by atoms with Gasteiger partial charge in [0, 0.05) is 12.7 Å². The third-order valence-corrected chi connectivity index (χ3v) is 2.67. The summed E-state index contributed by atoms with van der Waals surface area (Å²) in [6, 6.07) is 11.6. The van der Waals surface area contributed by atoms with Crippen LogP contribution in [0, 0.1) is 0 Å². The molecule has 0 aliphatic heterocycles. The molecular formula is C12H12BrN3O. The summed E-state index contributed by atoms with van der Waals surface area (Å²) in [6.07, 6.45) is 1.76. The highest BCUT2D eigenvalue weighted by Gasteiger charge is 2.03. The SMILES string of the molecule is O=C(Cn1ccc(Br)n1)NCc1ccccc1. The van der Waals surface area contributed by atoms with Gasteiger partial charge in [-0.3, -0.25) is 9.48 Å². The molecule has 1 N–H and O–H groups in total. The van der Waals surface area contributed by atoms with Gasteiger partial charge in [-0.05, 0) is 27.6 Å². The first-order valence-electron chi connectivity index (χ1n) is 5.23. The number of amides is 1. The van der Waals surface area contributed by atoms with Gasteiger partial charge in [0.2, 0.25) is 5.91 Å². The third kappa shape index (κ3) is 3.71. The lowest BCUT2D eigenvalue weighted by Crippen LogP contribution is -2.27. The van der Waals surface area contributed by atoms with Gasteiger partial charge in [-0.15, -0.1) is 0 Å². The van der Waals surface area contributed by atoms with Crippen LogP contribution in [0.4, 0.5) is 0 Å². The summed E-state index contributed by atoms with van der Waals surface area (Å²) in [7, 11) is 0. The van der Waals surface area contributed by atoms with Crippen LogP contribution in [0.5, 0.6) is 0 Å². The Morgan fingerprint density at radius 1 is 1.29 bits per heavy atom. The predicted molar refractivity (Wildman–Crippen MR) is 68.2 cm³/mol. The molecule has 1 aromatic carbocycles. The molecule has 17 heavy (non-hydrogen) atoms. The Morgan fingerprint density at radius 2 is 2.06 bits per heavy atom. The number of aromatic nitrogens is 2. The highest BCUT2D eigenvalue weighted by molar-refractivity contribution is 9.10. The average molecular weight is 294 g/mol. The van der Waals surface area contributed by atoms with Crippen molar-refractivity contribution in [3.8, 4) is 0 Å². The molecule has 2 rings (SSSR count). The highest BCUT2D eigenvalue weighted by atomic mass is 79.9. The number of nitrogens with zero attached hydrogens (tertiary/aromatic N) is 2. The van der Waals surface area contributed by atoms with Crippen LogP contribution in [0.25, 0.3) is 0 Å². The van der Waals surface area contributed by atoms with Crippen molar-refractivity contribution >= 4 is 21.8 Å². The minimum Gasteiger partial charge on any atom is -0.350 e. The Balaban J connectivity index is 1.82. The van der Waals surface area contributed by atoms with Gasteiger partial charge >= 0.3 is 0 Å². The van der Waals surface area contributed by atoms with Gasteiger partial charge in [-0.2, -0.15) is 5.10 Å². The molecule has 1 amide bonds. The Kier molecular flexibility index (Phi) is 3.93. The van der Waals surface area contributed by atoms with E-state index < -0.39 is 0 Å². The van der Waals surface area contributed by atoms with Gasteiger partial charge in [-0.25, -0.2) is 0 Å². The van der Waals surface area contributed by atoms with Gasteiger partial charge < -0.3 is 5.32 Å². The van der Waals surface area contributed by atoms with Crippen LogP contribution in [-0.4, -0.2) is 15.7 Å². The number of carbonyl (C=O) groups excluding carboxylic acids is 1. The van der Waals surface area contributed by atoms with E-state index in [1.54, 1.807) is 16.9 Å². The Hall–Kier alpha value is -1.62. The Labute approximate surface area is 108 Å². The lowest BCUT2D eigenvalue weighted by Gasteiger charge is -2.05. The molecule has 0 spiro atoms. The second-order valence-corrected chi connectivity index (χ2v) is 4.41. The zero-order chi connectivity index (χ0) is 12.1. The number of benzene rings is 1. The summed E-state index contributed by atoms with van der Waals surface area (Å²) in [5.74, 6) is -0.0514. The second-order valence-electron chi connectivity index (χ2n) is 3.60. The molecule has 0 saturated carbocycles. The smallest absolute Gasteiger partial charge is 0.241 e. The van der Waals surface area contributed by atoms with Crippen molar-refractivity contribution in [2.24, 2.45) is 0 Å². The maximum absolute atomic E-state index is 11.6. The number of carbonyl (C=O) groups is 1. The minimum absolute atomic E-state index is 0.0514. The van der Waals surface area contributed by atoms with E-state index in [4.69, 9.17) is 0 Å². The third-order valence-electron chi connectivity index (χ3n) is 2.25. The van der Waals surface area contributed by atoms with Crippen molar-refractivity contribution < 1.29 is 4.79 Å². The standard InChI is InChI=1S/C12H12BrN3O/c13-11-6-7-16(15-11)9-12(17)14-8-10-4-2-1-3-5-10/h1-7H,8-9H2,(H,14,17). The normalized spacial score (nSPS) is 10.2. The predicted octanol–water partition coefficient (Wildman–Crippen LogP) is 1.96. The Morgan fingerprint density at radius 3 is 2.71 bits per heavy atom. The first-order valence-corrected chi connectivity index (χ1v) is 6.03. The van der Waals surface area contributed by atoms with Gasteiger partial charge in [0.1, 0.15) is 11.1 Å². The lowest BCUT2D eigenvalue weighted by atomic mass is 10.2. The maximum atomic E-state index is 11.6. The quantitative estimate of drug-likeness (QED) is 0.937. The van der Waals surface area contributed by atoms with Crippen molar-refractivity contribution in [2.45, 2.75) is 13.1 Å². The summed E-state index contributed by atoms with van der Waals surface area (Å²) in [4.78, 5) is 11.6. The summed E-state index contributed by atoms with van der Waals surface area (Å²) >= 11 is 3.23. The van der Waals surface area contributed by atoms with Crippen LogP contribution in [0.3, 0.4) is 0 Å². The van der Waals surface area contributed by atoms with E-state index in [0.717, 1.165) is 10.2 Å². The van der Waals surface area contributed by atoms with Crippen LogP contribution >= 0.6 is 15.9 Å². The lowest BCUT2D eigenvalue weighted by molar-refractivity contribution is -0.122. The fourth-order valence-corrected chi connectivity index (χ4v) is 1.75. The zero-order valence-electron chi connectivity index (χ0n) is 9.14. The van der Waals surface area contributed by atoms with E-state index in [1.165, 1.54) is 0 Å². The second kappa shape index (κ2) is 5.63. The van der Waals surface area contributed by atoms with Crippen molar-refractivity contribution in [2.75, 3.05) is 0 Å². The highest BCUT2D eigenvalue weighted by Crippen LogP contribution is 2.03. The van der Waals surface area contributed by atoms with Crippen molar-refractivity contribution in [1.82, 2.24) is 15.1 Å². The van der Waals surface area contributed by atoms with Crippen molar-refractivity contribution in [1.29, 1.82) is 0 Å². The summed E-state index contributed by atoms with van der Waals surface area (Å²) < 4.78 is 2.32. The molecule has 4 nitrogen and oxygen atoms in total. The number of halogens is 1. The van der Waals surface area contributed by atoms with Crippen LogP contribution in [0.1, 0.15) is 5.56 Å². The van der Waals surface area contributed by atoms with Crippen LogP contribution < -0.4 is 5.32 Å². The molecule has 88 valence electrons. The van der Waals surface area contributed by atoms with Gasteiger partial charge in [0.15, 0.2) is 0 Å². The van der Waals surface area contributed by atoms with Crippen LogP contribution in [0.15, 0.2) is 47.2 Å². The van der Waals surface area contributed by atoms with E-state index in [9.17, 15) is 4.79 Å². The summed E-state index contributed by atoms with van der Waals surface area (Å²) in [5, 5.41) is 6.92. The number of hydrogen-bond donors (Lipinski definition) is 1. The molecule has 0 aliphatic carbocycles. The fraction of sp³-hybridized carbons (Fsp3) is 0.167. The van der Waals surface area contributed by atoms with E-state index in [2.05, 4.69) is 26.3 Å². The van der Waals surface area contributed by atoms with Gasteiger partial charge in [0.25, 0.3) is 0 Å². The molecule has 0 saturated heterocycles. The number of nitrogens with one attached hydrogen (secondary N) is 1. The minimum atomic E-state index is -0.0514. The zero-order valence-corrected chi connectivity index (χ0v) is 10.7. The summed E-state index contributed by atoms with van der Waals surface area (Å²) in [6.45, 7) is 0.778.